The van der Waals surface area contributed by atoms with E-state index in [0.29, 0.717) is 22.6 Å². The van der Waals surface area contributed by atoms with Gasteiger partial charge in [0.25, 0.3) is 5.66 Å². The van der Waals surface area contributed by atoms with E-state index in [-0.39, 0.29) is 98.7 Å². The monoisotopic (exact) mass is 556 g/mol. The van der Waals surface area contributed by atoms with Crippen LogP contribution >= 0.6 is 35.3 Å². The zero-order valence-corrected chi connectivity index (χ0v) is 26.3. The topological polar surface area (TPSA) is 103 Å². The Bertz CT molecular complexity index is 1010. The molecule has 0 unspecified atom stereocenters. The van der Waals surface area contributed by atoms with Crippen LogP contribution in [0.25, 0.3) is 0 Å². The molecule has 0 amide bonds. The number of hydrogen-bond donors (Lipinski definition) is 0. The molecule has 0 aliphatic carbocycles. The first-order valence-corrected chi connectivity index (χ1v) is 11.1. The van der Waals surface area contributed by atoms with Crippen molar-refractivity contribution >= 4 is 41.3 Å². The van der Waals surface area contributed by atoms with Gasteiger partial charge in [0.15, 0.2) is 0 Å². The number of carbonyl (C=O) groups is 1. The average Bonchev–Trinajstić information content (AvgIpc) is 2.60. The molecule has 0 aliphatic rings. The first-order chi connectivity index (χ1) is 13.0. The predicted octanol–water partition coefficient (Wildman–Crippen LogP) is -6.93. The summed E-state index contributed by atoms with van der Waals surface area (Å²) in [5, 5.41) is 10.8. The van der Waals surface area contributed by atoms with E-state index in [1.54, 1.807) is 12.1 Å². The molecule has 2 aromatic rings. The third-order valence-electron chi connectivity index (χ3n) is 3.48. The van der Waals surface area contributed by atoms with Crippen molar-refractivity contribution in [2.24, 2.45) is 0 Å². The van der Waals surface area contributed by atoms with Gasteiger partial charge in [0, 0.05) is 28.9 Å². The van der Waals surface area contributed by atoms with Crippen molar-refractivity contribution in [2.75, 3.05) is 5.75 Å². The van der Waals surface area contributed by atoms with Crippen LogP contribution in [0.3, 0.4) is 0 Å². The molecule has 0 aromatic heterocycles. The molecule has 0 saturated heterocycles. The van der Waals surface area contributed by atoms with Crippen LogP contribution in [-0.4, -0.2) is 11.7 Å². The molecule has 0 saturated carbocycles. The minimum Gasteiger partial charge on any atom is -0.806 e. The number of carboxylic acids is 1. The van der Waals surface area contributed by atoms with Crippen LogP contribution in [0, 0.1) is 11.8 Å². The fourth-order valence-electron chi connectivity index (χ4n) is 2.12. The minimum atomic E-state index is -6.13. The number of carbonyl (C=O) groups excluding carboxylic acids is 1. The summed E-state index contributed by atoms with van der Waals surface area (Å²) in [6, 6.07) is 9.55. The van der Waals surface area contributed by atoms with Gasteiger partial charge < -0.3 is 24.3 Å². The number of carboxylic acid groups (broad SMARTS) is 1. The second-order valence-electron chi connectivity index (χ2n) is 5.52. The third-order valence-corrected chi connectivity index (χ3v) is 5.95. The maximum absolute atomic E-state index is 13.7. The van der Waals surface area contributed by atoms with Crippen molar-refractivity contribution in [1.29, 1.82) is 0 Å². The van der Waals surface area contributed by atoms with Gasteiger partial charge in [0.1, 0.15) is 0 Å². The smallest absolute Gasteiger partial charge is 0.806 e. The zero-order valence-electron chi connectivity index (χ0n) is 17.0. The predicted molar refractivity (Wildman–Crippen MR) is 99.5 cm³/mol. The van der Waals surface area contributed by atoms with E-state index in [1.165, 1.54) is 36.0 Å². The molecular formula is C18H11BrF2Na3O5PS. The molecule has 31 heavy (non-hydrogen) atoms. The Morgan fingerprint density at radius 1 is 1.13 bits per heavy atom. The van der Waals surface area contributed by atoms with Crippen molar-refractivity contribution in [3.05, 3.63) is 69.2 Å². The van der Waals surface area contributed by atoms with Crippen molar-refractivity contribution in [1.82, 2.24) is 0 Å². The van der Waals surface area contributed by atoms with Crippen molar-refractivity contribution < 1.29 is 122 Å². The van der Waals surface area contributed by atoms with Gasteiger partial charge in [-0.3, -0.25) is 0 Å². The second kappa shape index (κ2) is 15.3. The summed E-state index contributed by atoms with van der Waals surface area (Å²) in [7, 11) is -6.13. The van der Waals surface area contributed by atoms with Crippen LogP contribution in [0.2, 0.25) is 0 Å². The summed E-state index contributed by atoms with van der Waals surface area (Å²) >= 11 is 4.25. The van der Waals surface area contributed by atoms with Crippen LogP contribution in [0.5, 0.6) is 0 Å². The van der Waals surface area contributed by atoms with E-state index in [4.69, 9.17) is 0 Å². The fraction of sp³-hybridized carbons (Fsp3) is 0.167. The van der Waals surface area contributed by atoms with E-state index in [1.807, 2.05) is 0 Å². The van der Waals surface area contributed by atoms with Gasteiger partial charge in [-0.15, -0.1) is 11.8 Å². The summed E-state index contributed by atoms with van der Waals surface area (Å²) in [6.07, 6.45) is 0. The molecule has 13 heteroatoms. The number of thioether (sulfide) groups is 1. The maximum atomic E-state index is 13.7. The van der Waals surface area contributed by atoms with Gasteiger partial charge in [-0.1, -0.05) is 52.0 Å². The Labute approximate surface area is 257 Å². The SMILES string of the molecule is O=C([O-])c1cccc(C#CCSCc2ccc(C(F)(F)P(=O)([O-])[O-])c(Br)c2)c1.[Na+].[Na+].[Na+]. The standard InChI is InChI=1S/C18H14BrF2O5PS.3Na/c19-16-10-13(6-7-15(16)18(20,21)27(24,25)26)11-28-8-2-4-12-3-1-5-14(9-12)17(22)23;;;/h1,3,5-7,9-10H,8,11H2,(H,22,23)(H2,24,25,26);;;/q;3*+1/p-3. The third kappa shape index (κ3) is 10.2. The van der Waals surface area contributed by atoms with Crippen LogP contribution in [0.4, 0.5) is 8.78 Å². The number of hydrogen-bond acceptors (Lipinski definition) is 6. The molecule has 2 rings (SSSR count). The zero-order chi connectivity index (χ0) is 20.9. The first kappa shape index (κ1) is 34.5. The summed E-state index contributed by atoms with van der Waals surface area (Å²) in [4.78, 5) is 32.3. The Morgan fingerprint density at radius 2 is 1.77 bits per heavy atom. The summed E-state index contributed by atoms with van der Waals surface area (Å²) < 4.78 is 37.9. The van der Waals surface area contributed by atoms with Gasteiger partial charge in [0.05, 0.1) is 11.7 Å². The van der Waals surface area contributed by atoms with E-state index in [0.717, 1.165) is 6.07 Å². The van der Waals surface area contributed by atoms with Crippen molar-refractivity contribution in [3.8, 4) is 11.8 Å². The van der Waals surface area contributed by atoms with Gasteiger partial charge >= 0.3 is 88.7 Å². The minimum absolute atomic E-state index is 0. The maximum Gasteiger partial charge on any atom is 1.00 e. The molecule has 148 valence electrons. The van der Waals surface area contributed by atoms with E-state index in [9.17, 15) is 33.0 Å². The quantitative estimate of drug-likeness (QED) is 0.152. The normalized spacial score (nSPS) is 10.5. The van der Waals surface area contributed by atoms with Gasteiger partial charge in [-0.05, 0) is 29.3 Å². The second-order valence-corrected chi connectivity index (χ2v) is 8.91. The van der Waals surface area contributed by atoms with Crippen molar-refractivity contribution in [2.45, 2.75) is 11.4 Å². The van der Waals surface area contributed by atoms with Crippen molar-refractivity contribution in [3.63, 3.8) is 0 Å². The molecule has 0 spiro atoms. The number of rotatable bonds is 6. The number of halogens is 3. The Morgan fingerprint density at radius 3 is 2.32 bits per heavy atom. The Kier molecular flexibility index (Phi) is 17.1. The molecule has 0 bridgehead atoms. The summed E-state index contributed by atoms with van der Waals surface area (Å²) in [6.45, 7) is 0. The molecule has 0 radical (unpaired) electrons. The molecule has 0 atom stereocenters. The van der Waals surface area contributed by atoms with Crippen LogP contribution < -0.4 is 104 Å². The molecule has 0 N–H and O–H groups in total. The average molecular weight is 557 g/mol. The van der Waals surface area contributed by atoms with E-state index in [2.05, 4.69) is 27.8 Å². The van der Waals surface area contributed by atoms with E-state index < -0.39 is 24.8 Å². The first-order valence-electron chi connectivity index (χ1n) is 7.59. The molecule has 0 fully saturated rings. The van der Waals surface area contributed by atoms with Crippen LogP contribution in [-0.2, 0) is 16.0 Å². The molecule has 2 aromatic carbocycles. The number of alkyl halides is 2. The molecular weight excluding hydrogens is 546 g/mol. The van der Waals surface area contributed by atoms with E-state index >= 15 is 0 Å². The van der Waals surface area contributed by atoms with Crippen LogP contribution in [0.15, 0.2) is 46.9 Å². The number of aromatic carboxylic acids is 1. The van der Waals surface area contributed by atoms with Gasteiger partial charge in [0.2, 0.25) is 0 Å². The van der Waals surface area contributed by atoms with Gasteiger partial charge in [-0.2, -0.15) is 8.78 Å². The molecule has 0 heterocycles. The molecule has 0 aliphatic heterocycles. The fourth-order valence-corrected chi connectivity index (χ4v) is 4.13. The number of benzene rings is 2. The molecule has 5 nitrogen and oxygen atoms in total. The van der Waals surface area contributed by atoms with Gasteiger partial charge in [-0.25, -0.2) is 0 Å². The Hall–Kier alpha value is 1.31. The summed E-state index contributed by atoms with van der Waals surface area (Å²) in [5.74, 6) is 5.18. The Balaban J connectivity index is 0. The van der Waals surface area contributed by atoms with Crippen LogP contribution in [0.1, 0.15) is 27.0 Å². The summed E-state index contributed by atoms with van der Waals surface area (Å²) in [5.41, 5.74) is -4.22. The largest absolute Gasteiger partial charge is 1.00 e.